The molecule has 5 heteroatoms. The maximum absolute atomic E-state index is 13.2. The van der Waals surface area contributed by atoms with Crippen LogP contribution in [0.4, 0.5) is 5.69 Å². The molecule has 0 bridgehead atoms. The molecule has 0 saturated carbocycles. The van der Waals surface area contributed by atoms with Gasteiger partial charge in [-0.15, -0.1) is 0 Å². The predicted octanol–water partition coefficient (Wildman–Crippen LogP) is 6.36. The summed E-state index contributed by atoms with van der Waals surface area (Å²) in [6.07, 6.45) is 5.42. The highest BCUT2D eigenvalue weighted by molar-refractivity contribution is 5.94. The summed E-state index contributed by atoms with van der Waals surface area (Å²) in [4.78, 5) is 18.1. The van der Waals surface area contributed by atoms with E-state index in [2.05, 4.69) is 124 Å². The van der Waals surface area contributed by atoms with Gasteiger partial charge in [0.05, 0.1) is 12.1 Å². The molecule has 2 fully saturated rings. The number of carbonyl (C=O) groups is 1. The fraction of sp³-hybridized carbons (Fsp3) is 0.378. The fourth-order valence-electron chi connectivity index (χ4n) is 6.77. The first kappa shape index (κ1) is 28.4. The number of nitrogens with zero attached hydrogens (tertiary/aromatic N) is 2. The Morgan fingerprint density at radius 1 is 0.714 bits per heavy atom. The molecule has 218 valence electrons. The molecule has 2 aliphatic rings. The lowest BCUT2D eigenvalue weighted by atomic mass is 9.86. The number of carbonyl (C=O) groups excluding carboxylic acids is 1. The monoisotopic (exact) mass is 560 g/mol. The molecule has 42 heavy (non-hydrogen) atoms. The third kappa shape index (κ3) is 7.39. The van der Waals surface area contributed by atoms with E-state index in [9.17, 15) is 4.79 Å². The molecule has 4 aromatic rings. The Bertz CT molecular complexity index is 1420. The molecule has 0 atom stereocenters. The summed E-state index contributed by atoms with van der Waals surface area (Å²) >= 11 is 0. The molecule has 0 aliphatic carbocycles. The van der Waals surface area contributed by atoms with Crippen molar-refractivity contribution in [2.24, 2.45) is 5.92 Å². The lowest BCUT2D eigenvalue weighted by Gasteiger charge is -2.43. The number of likely N-dealkylation sites (tertiary alicyclic amines) is 2. The summed E-state index contributed by atoms with van der Waals surface area (Å²) < 4.78 is 0. The van der Waals surface area contributed by atoms with Gasteiger partial charge in [-0.25, -0.2) is 0 Å². The van der Waals surface area contributed by atoms with Gasteiger partial charge in [0.15, 0.2) is 0 Å². The van der Waals surface area contributed by atoms with Gasteiger partial charge in [0.1, 0.15) is 0 Å². The largest absolute Gasteiger partial charge is 0.377 e. The number of hydrogen-bond donors (Lipinski definition) is 2. The Labute approximate surface area is 250 Å². The minimum Gasteiger partial charge on any atom is -0.377 e. The van der Waals surface area contributed by atoms with Crippen molar-refractivity contribution in [1.82, 2.24) is 15.1 Å². The Hall–Kier alpha value is -3.67. The standard InChI is InChI=1S/C37H44N4O/c42-36(28-40-22-18-31(19-23-40)26-30-10-3-1-4-11-30)38-29-37(39-35-17-9-15-33-14-7-8-16-34(33)35)20-24-41(25-21-37)27-32-12-5-2-6-13-32/h1-17,31,39H,18-29H2,(H,38,42). The second-order valence-electron chi connectivity index (χ2n) is 12.4. The van der Waals surface area contributed by atoms with E-state index in [0.717, 1.165) is 70.5 Å². The van der Waals surface area contributed by atoms with Gasteiger partial charge in [0.25, 0.3) is 0 Å². The molecule has 1 amide bonds. The summed E-state index contributed by atoms with van der Waals surface area (Å²) in [5.74, 6) is 0.850. The fourth-order valence-corrected chi connectivity index (χ4v) is 6.77. The van der Waals surface area contributed by atoms with Gasteiger partial charge in [-0.2, -0.15) is 0 Å². The first-order valence-corrected chi connectivity index (χ1v) is 15.7. The van der Waals surface area contributed by atoms with Crippen LogP contribution in [0.25, 0.3) is 10.8 Å². The predicted molar refractivity (Wildman–Crippen MR) is 174 cm³/mol. The molecule has 2 saturated heterocycles. The Balaban J connectivity index is 1.07. The first-order valence-electron chi connectivity index (χ1n) is 15.7. The molecular formula is C37H44N4O. The van der Waals surface area contributed by atoms with E-state index in [0.29, 0.717) is 19.0 Å². The molecule has 5 nitrogen and oxygen atoms in total. The van der Waals surface area contributed by atoms with Crippen LogP contribution in [0.15, 0.2) is 103 Å². The highest BCUT2D eigenvalue weighted by Gasteiger charge is 2.35. The van der Waals surface area contributed by atoms with Gasteiger partial charge < -0.3 is 10.6 Å². The van der Waals surface area contributed by atoms with Crippen molar-refractivity contribution in [3.8, 4) is 0 Å². The van der Waals surface area contributed by atoms with Gasteiger partial charge in [0, 0.05) is 37.3 Å². The van der Waals surface area contributed by atoms with Crippen molar-refractivity contribution in [2.75, 3.05) is 44.6 Å². The van der Waals surface area contributed by atoms with Crippen LogP contribution in [0.1, 0.15) is 36.8 Å². The third-order valence-electron chi connectivity index (χ3n) is 9.32. The zero-order valence-electron chi connectivity index (χ0n) is 24.7. The molecular weight excluding hydrogens is 516 g/mol. The van der Waals surface area contributed by atoms with Gasteiger partial charge in [-0.1, -0.05) is 97.1 Å². The topological polar surface area (TPSA) is 47.6 Å². The van der Waals surface area contributed by atoms with Crippen molar-refractivity contribution in [3.63, 3.8) is 0 Å². The van der Waals surface area contributed by atoms with E-state index in [4.69, 9.17) is 0 Å². The van der Waals surface area contributed by atoms with E-state index >= 15 is 0 Å². The van der Waals surface area contributed by atoms with Crippen LogP contribution in [0.2, 0.25) is 0 Å². The van der Waals surface area contributed by atoms with Crippen LogP contribution < -0.4 is 10.6 Å². The van der Waals surface area contributed by atoms with Crippen molar-refractivity contribution in [3.05, 3.63) is 114 Å². The van der Waals surface area contributed by atoms with Crippen molar-refractivity contribution >= 4 is 22.4 Å². The lowest BCUT2D eigenvalue weighted by Crippen LogP contribution is -2.56. The van der Waals surface area contributed by atoms with Crippen LogP contribution >= 0.6 is 0 Å². The summed E-state index contributed by atoms with van der Waals surface area (Å²) in [5.41, 5.74) is 3.75. The maximum Gasteiger partial charge on any atom is 0.234 e. The maximum atomic E-state index is 13.2. The third-order valence-corrected chi connectivity index (χ3v) is 9.32. The first-order chi connectivity index (χ1) is 20.6. The number of fused-ring (bicyclic) bond motifs is 1. The molecule has 0 unspecified atom stereocenters. The second-order valence-corrected chi connectivity index (χ2v) is 12.4. The lowest BCUT2D eigenvalue weighted by molar-refractivity contribution is -0.122. The number of piperidine rings is 2. The molecule has 0 radical (unpaired) electrons. The summed E-state index contributed by atoms with van der Waals surface area (Å²) in [7, 11) is 0. The zero-order valence-corrected chi connectivity index (χ0v) is 24.7. The molecule has 2 N–H and O–H groups in total. The van der Waals surface area contributed by atoms with E-state index < -0.39 is 0 Å². The minimum absolute atomic E-state index is 0.141. The number of rotatable bonds is 10. The normalized spacial score (nSPS) is 18.1. The highest BCUT2D eigenvalue weighted by atomic mass is 16.2. The van der Waals surface area contributed by atoms with Crippen LogP contribution in [0.3, 0.4) is 0 Å². The average molecular weight is 561 g/mol. The number of amides is 1. The average Bonchev–Trinajstić information content (AvgIpc) is 3.03. The van der Waals surface area contributed by atoms with Crippen molar-refractivity contribution < 1.29 is 4.79 Å². The van der Waals surface area contributed by atoms with E-state index in [1.807, 2.05) is 0 Å². The summed E-state index contributed by atoms with van der Waals surface area (Å²) in [5, 5.41) is 9.78. The Morgan fingerprint density at radius 2 is 1.36 bits per heavy atom. The Morgan fingerprint density at radius 3 is 2.10 bits per heavy atom. The SMILES string of the molecule is O=C(CN1CCC(Cc2ccccc2)CC1)NCC1(Nc2cccc3ccccc23)CCN(Cc2ccccc2)CC1. The number of anilines is 1. The van der Waals surface area contributed by atoms with Crippen LogP contribution in [-0.2, 0) is 17.8 Å². The van der Waals surface area contributed by atoms with E-state index in [1.165, 1.54) is 21.9 Å². The molecule has 2 heterocycles. The van der Waals surface area contributed by atoms with Gasteiger partial charge in [0.2, 0.25) is 5.91 Å². The second kappa shape index (κ2) is 13.5. The molecule has 0 spiro atoms. The zero-order chi connectivity index (χ0) is 28.6. The number of nitrogens with one attached hydrogen (secondary N) is 2. The highest BCUT2D eigenvalue weighted by Crippen LogP contribution is 2.31. The Kier molecular flexibility index (Phi) is 9.17. The molecule has 6 rings (SSSR count). The summed E-state index contributed by atoms with van der Waals surface area (Å²) in [6, 6.07) is 36.6. The molecule has 2 aliphatic heterocycles. The number of hydrogen-bond acceptors (Lipinski definition) is 4. The van der Waals surface area contributed by atoms with Gasteiger partial charge in [-0.05, 0) is 73.7 Å². The quantitative estimate of drug-likeness (QED) is 0.237. The summed E-state index contributed by atoms with van der Waals surface area (Å²) in [6.45, 7) is 6.09. The van der Waals surface area contributed by atoms with Crippen LogP contribution in [0, 0.1) is 5.92 Å². The van der Waals surface area contributed by atoms with Gasteiger partial charge >= 0.3 is 0 Å². The van der Waals surface area contributed by atoms with Crippen LogP contribution in [0.5, 0.6) is 0 Å². The molecule has 4 aromatic carbocycles. The minimum atomic E-state index is -0.185. The van der Waals surface area contributed by atoms with E-state index in [1.54, 1.807) is 0 Å². The van der Waals surface area contributed by atoms with Crippen molar-refractivity contribution in [1.29, 1.82) is 0 Å². The number of benzene rings is 4. The van der Waals surface area contributed by atoms with Crippen LogP contribution in [-0.4, -0.2) is 60.5 Å². The van der Waals surface area contributed by atoms with Gasteiger partial charge in [-0.3, -0.25) is 14.6 Å². The van der Waals surface area contributed by atoms with Crippen molar-refractivity contribution in [2.45, 2.75) is 44.2 Å². The smallest absolute Gasteiger partial charge is 0.234 e. The van der Waals surface area contributed by atoms with E-state index in [-0.39, 0.29) is 11.4 Å². The molecule has 0 aromatic heterocycles.